The van der Waals surface area contributed by atoms with E-state index in [2.05, 4.69) is 9.80 Å². The highest BCUT2D eigenvalue weighted by Crippen LogP contribution is 2.22. The molecular formula is C20H25ClFN3OS. The van der Waals surface area contributed by atoms with E-state index in [1.54, 1.807) is 4.90 Å². The van der Waals surface area contributed by atoms with Gasteiger partial charge in [0.15, 0.2) is 0 Å². The third-order valence-electron chi connectivity index (χ3n) is 4.81. The van der Waals surface area contributed by atoms with Gasteiger partial charge in [-0.1, -0.05) is 23.7 Å². The van der Waals surface area contributed by atoms with E-state index in [-0.39, 0.29) is 11.7 Å². The molecule has 0 spiro atoms. The first-order valence-corrected chi connectivity index (χ1v) is 10.4. The number of likely N-dealkylation sites (N-methyl/N-ethyl adjacent to an activating group) is 1. The molecule has 0 atom stereocenters. The molecule has 0 aliphatic carbocycles. The lowest BCUT2D eigenvalue weighted by atomic mass is 10.2. The summed E-state index contributed by atoms with van der Waals surface area (Å²) >= 11 is 7.47. The van der Waals surface area contributed by atoms with Crippen molar-refractivity contribution < 1.29 is 9.18 Å². The molecule has 146 valence electrons. The molecule has 1 aliphatic rings. The molecule has 1 aliphatic heterocycles. The molecule has 7 heteroatoms. The first kappa shape index (κ1) is 20.3. The van der Waals surface area contributed by atoms with Gasteiger partial charge in [-0.15, -0.1) is 11.3 Å². The Morgan fingerprint density at radius 3 is 2.52 bits per heavy atom. The SMILES string of the molecule is CN(Cc1ccc(Cl)s1)C(=O)CN1CCCN(Cc2ccc(F)cc2)CC1. The summed E-state index contributed by atoms with van der Waals surface area (Å²) in [5.74, 6) is -0.0697. The summed E-state index contributed by atoms with van der Waals surface area (Å²) in [5.41, 5.74) is 1.12. The lowest BCUT2D eigenvalue weighted by Gasteiger charge is -2.24. The number of nitrogens with zero attached hydrogens (tertiary/aromatic N) is 3. The molecule has 1 amide bonds. The van der Waals surface area contributed by atoms with Gasteiger partial charge >= 0.3 is 0 Å². The fourth-order valence-corrected chi connectivity index (χ4v) is 4.40. The number of amides is 1. The van der Waals surface area contributed by atoms with E-state index in [0.29, 0.717) is 13.1 Å². The highest BCUT2D eigenvalue weighted by molar-refractivity contribution is 7.16. The Balaban J connectivity index is 1.45. The Labute approximate surface area is 169 Å². The van der Waals surface area contributed by atoms with Crippen LogP contribution in [0.25, 0.3) is 0 Å². The van der Waals surface area contributed by atoms with Crippen LogP contribution in [0, 0.1) is 5.82 Å². The highest BCUT2D eigenvalue weighted by Gasteiger charge is 2.19. The first-order valence-electron chi connectivity index (χ1n) is 9.17. The third-order valence-corrected chi connectivity index (χ3v) is 6.02. The number of hydrogen-bond acceptors (Lipinski definition) is 4. The first-order chi connectivity index (χ1) is 13.0. The van der Waals surface area contributed by atoms with Crippen molar-refractivity contribution in [3.8, 4) is 0 Å². The fourth-order valence-electron chi connectivity index (χ4n) is 3.26. The number of benzene rings is 1. The summed E-state index contributed by atoms with van der Waals surface area (Å²) in [4.78, 5) is 20.0. The normalized spacial score (nSPS) is 16.3. The number of thiophene rings is 1. The second-order valence-electron chi connectivity index (χ2n) is 6.99. The molecule has 2 heterocycles. The summed E-state index contributed by atoms with van der Waals surface area (Å²) in [7, 11) is 1.84. The van der Waals surface area contributed by atoms with Crippen LogP contribution in [0.1, 0.15) is 16.9 Å². The third kappa shape index (κ3) is 6.28. The van der Waals surface area contributed by atoms with Crippen molar-refractivity contribution >= 4 is 28.8 Å². The summed E-state index contributed by atoms with van der Waals surface area (Å²) in [6.45, 7) is 5.55. The average molecular weight is 410 g/mol. The molecule has 2 aromatic rings. The van der Waals surface area contributed by atoms with E-state index in [1.165, 1.54) is 23.5 Å². The average Bonchev–Trinajstić information content (AvgIpc) is 2.92. The molecule has 1 fully saturated rings. The lowest BCUT2D eigenvalue weighted by Crippen LogP contribution is -2.39. The van der Waals surface area contributed by atoms with E-state index >= 15 is 0 Å². The molecule has 3 rings (SSSR count). The van der Waals surface area contributed by atoms with Crippen molar-refractivity contribution in [1.29, 1.82) is 0 Å². The second kappa shape index (κ2) is 9.64. The van der Waals surface area contributed by atoms with Crippen molar-refractivity contribution in [1.82, 2.24) is 14.7 Å². The maximum Gasteiger partial charge on any atom is 0.236 e. The van der Waals surface area contributed by atoms with Crippen LogP contribution in [-0.4, -0.2) is 60.4 Å². The largest absolute Gasteiger partial charge is 0.340 e. The predicted molar refractivity (Wildman–Crippen MR) is 109 cm³/mol. The fraction of sp³-hybridized carbons (Fsp3) is 0.450. The molecule has 0 radical (unpaired) electrons. The van der Waals surface area contributed by atoms with Crippen LogP contribution in [0.15, 0.2) is 36.4 Å². The van der Waals surface area contributed by atoms with E-state index < -0.39 is 0 Å². The minimum absolute atomic E-state index is 0.131. The Morgan fingerprint density at radius 1 is 1.11 bits per heavy atom. The maximum atomic E-state index is 13.0. The van der Waals surface area contributed by atoms with Crippen molar-refractivity contribution in [2.24, 2.45) is 0 Å². The number of carbonyl (C=O) groups is 1. The molecule has 4 nitrogen and oxygen atoms in total. The van der Waals surface area contributed by atoms with Crippen LogP contribution in [0.2, 0.25) is 4.34 Å². The zero-order valence-corrected chi connectivity index (χ0v) is 17.1. The predicted octanol–water partition coefficient (Wildman–Crippen LogP) is 3.71. The van der Waals surface area contributed by atoms with Crippen molar-refractivity contribution in [2.45, 2.75) is 19.5 Å². The Kier molecular flexibility index (Phi) is 7.24. The van der Waals surface area contributed by atoms with Crippen LogP contribution >= 0.6 is 22.9 Å². The van der Waals surface area contributed by atoms with Crippen molar-refractivity contribution in [3.63, 3.8) is 0 Å². The minimum atomic E-state index is -0.201. The molecule has 0 saturated carbocycles. The monoisotopic (exact) mass is 409 g/mol. The summed E-state index contributed by atoms with van der Waals surface area (Å²) in [5, 5.41) is 0. The highest BCUT2D eigenvalue weighted by atomic mass is 35.5. The van der Waals surface area contributed by atoms with Gasteiger partial charge in [0.2, 0.25) is 5.91 Å². The van der Waals surface area contributed by atoms with E-state index in [4.69, 9.17) is 11.6 Å². The summed E-state index contributed by atoms with van der Waals surface area (Å²) < 4.78 is 13.8. The Hall–Kier alpha value is -1.47. The molecule has 1 saturated heterocycles. The van der Waals surface area contributed by atoms with Gasteiger partial charge in [-0.05, 0) is 49.3 Å². The maximum absolute atomic E-state index is 13.0. The van der Waals surface area contributed by atoms with Gasteiger partial charge in [0.05, 0.1) is 17.4 Å². The van der Waals surface area contributed by atoms with Gasteiger partial charge < -0.3 is 4.90 Å². The summed E-state index contributed by atoms with van der Waals surface area (Å²) in [6, 6.07) is 10.5. The molecule has 1 aromatic carbocycles. The van der Waals surface area contributed by atoms with Gasteiger partial charge in [-0.2, -0.15) is 0 Å². The number of hydrogen-bond donors (Lipinski definition) is 0. The van der Waals surface area contributed by atoms with Gasteiger partial charge in [0.25, 0.3) is 0 Å². The summed E-state index contributed by atoms with van der Waals surface area (Å²) in [6.07, 6.45) is 1.03. The molecule has 0 bridgehead atoms. The zero-order chi connectivity index (χ0) is 19.2. The molecule has 0 unspecified atom stereocenters. The van der Waals surface area contributed by atoms with Crippen LogP contribution < -0.4 is 0 Å². The molecule has 1 aromatic heterocycles. The van der Waals surface area contributed by atoms with Gasteiger partial charge in [-0.25, -0.2) is 4.39 Å². The topological polar surface area (TPSA) is 26.8 Å². The molecule has 27 heavy (non-hydrogen) atoms. The van der Waals surface area contributed by atoms with Gasteiger partial charge in [-0.3, -0.25) is 14.6 Å². The van der Waals surface area contributed by atoms with Crippen LogP contribution in [-0.2, 0) is 17.9 Å². The van der Waals surface area contributed by atoms with Gasteiger partial charge in [0.1, 0.15) is 5.82 Å². The van der Waals surface area contributed by atoms with E-state index in [9.17, 15) is 9.18 Å². The van der Waals surface area contributed by atoms with Crippen molar-refractivity contribution in [3.05, 3.63) is 57.0 Å². The van der Waals surface area contributed by atoms with Crippen LogP contribution in [0.5, 0.6) is 0 Å². The van der Waals surface area contributed by atoms with Crippen molar-refractivity contribution in [2.75, 3.05) is 39.8 Å². The van der Waals surface area contributed by atoms with E-state index in [0.717, 1.165) is 53.9 Å². The number of halogens is 2. The number of carbonyl (C=O) groups excluding carboxylic acids is 1. The number of rotatable bonds is 6. The second-order valence-corrected chi connectivity index (χ2v) is 8.79. The van der Waals surface area contributed by atoms with Crippen LogP contribution in [0.4, 0.5) is 4.39 Å². The Morgan fingerprint density at radius 2 is 1.81 bits per heavy atom. The zero-order valence-electron chi connectivity index (χ0n) is 15.5. The van der Waals surface area contributed by atoms with E-state index in [1.807, 2.05) is 31.3 Å². The minimum Gasteiger partial charge on any atom is -0.340 e. The molecular weight excluding hydrogens is 385 g/mol. The van der Waals surface area contributed by atoms with Crippen LogP contribution in [0.3, 0.4) is 0 Å². The smallest absolute Gasteiger partial charge is 0.236 e. The standard InChI is InChI=1S/C20H25ClFN3OS/c1-23(14-18-7-8-19(21)27-18)20(26)15-25-10-2-9-24(11-12-25)13-16-3-5-17(22)6-4-16/h3-8H,2,9-15H2,1H3. The Bertz CT molecular complexity index is 752. The lowest BCUT2D eigenvalue weighted by molar-refractivity contribution is -0.131. The molecule has 0 N–H and O–H groups in total. The van der Waals surface area contributed by atoms with Gasteiger partial charge in [0, 0.05) is 31.6 Å². The quantitative estimate of drug-likeness (QED) is 0.727.